The number of carbonyl (C=O) groups excluding carboxylic acids is 2. The van der Waals surface area contributed by atoms with Crippen LogP contribution in [0.5, 0.6) is 5.75 Å². The maximum absolute atomic E-state index is 13.1. The van der Waals surface area contributed by atoms with E-state index in [2.05, 4.69) is 4.72 Å². The Morgan fingerprint density at radius 2 is 1.67 bits per heavy atom. The monoisotopic (exact) mass is 471 g/mol. The minimum Gasteiger partial charge on any atom is -0.494 e. The van der Waals surface area contributed by atoms with Crippen molar-refractivity contribution in [1.29, 1.82) is 0 Å². The highest BCUT2D eigenvalue weighted by Gasteiger charge is 2.43. The molecule has 2 aliphatic rings. The number of hydrogen-bond acceptors (Lipinski definition) is 6. The standard InChI is InChI=1S/C24H29N3O5S/c1-2-16-32-20-10-8-19(9-11-20)27-23(28)17-22(24(27)29)26-14-12-18(13-15-26)25-33(30,31)21-6-4-3-5-7-21/h3-11,18,22,25H,2,12-17H2,1H3/t22-/m1/s1. The number of likely N-dealkylation sites (tertiary alicyclic amines) is 1. The molecule has 2 fully saturated rings. The van der Waals surface area contributed by atoms with Gasteiger partial charge in [-0.15, -0.1) is 0 Å². The Kier molecular flexibility index (Phi) is 7.11. The lowest BCUT2D eigenvalue weighted by molar-refractivity contribution is -0.123. The quantitative estimate of drug-likeness (QED) is 0.595. The van der Waals surface area contributed by atoms with Gasteiger partial charge in [0.25, 0.3) is 5.91 Å². The summed E-state index contributed by atoms with van der Waals surface area (Å²) >= 11 is 0. The molecule has 0 saturated carbocycles. The molecule has 9 heteroatoms. The summed E-state index contributed by atoms with van der Waals surface area (Å²) in [6.07, 6.45) is 2.19. The normalized spacial score (nSPS) is 20.4. The van der Waals surface area contributed by atoms with Crippen LogP contribution in [-0.4, -0.2) is 56.9 Å². The summed E-state index contributed by atoms with van der Waals surface area (Å²) < 4.78 is 33.5. The number of anilines is 1. The molecule has 0 aromatic heterocycles. The summed E-state index contributed by atoms with van der Waals surface area (Å²) in [4.78, 5) is 29.2. The fourth-order valence-corrected chi connectivity index (χ4v) is 5.63. The van der Waals surface area contributed by atoms with Crippen molar-refractivity contribution in [3.63, 3.8) is 0 Å². The topological polar surface area (TPSA) is 96.0 Å². The molecule has 0 spiro atoms. The minimum absolute atomic E-state index is 0.132. The smallest absolute Gasteiger partial charge is 0.251 e. The molecule has 33 heavy (non-hydrogen) atoms. The number of amides is 2. The molecule has 0 unspecified atom stereocenters. The molecule has 0 aliphatic carbocycles. The van der Waals surface area contributed by atoms with Crippen LogP contribution in [0.3, 0.4) is 0 Å². The third-order valence-electron chi connectivity index (χ3n) is 6.04. The Hall–Kier alpha value is -2.75. The largest absolute Gasteiger partial charge is 0.494 e. The maximum Gasteiger partial charge on any atom is 0.251 e. The van der Waals surface area contributed by atoms with Gasteiger partial charge in [0.2, 0.25) is 15.9 Å². The van der Waals surface area contributed by atoms with Gasteiger partial charge in [-0.3, -0.25) is 14.5 Å². The maximum atomic E-state index is 13.1. The number of rotatable bonds is 8. The number of carbonyl (C=O) groups is 2. The molecule has 0 bridgehead atoms. The highest BCUT2D eigenvalue weighted by atomic mass is 32.2. The Balaban J connectivity index is 1.35. The van der Waals surface area contributed by atoms with Crippen LogP contribution in [0.15, 0.2) is 59.5 Å². The van der Waals surface area contributed by atoms with Gasteiger partial charge >= 0.3 is 0 Å². The first-order chi connectivity index (χ1) is 15.9. The van der Waals surface area contributed by atoms with Crippen LogP contribution in [0, 0.1) is 0 Å². The molecule has 4 rings (SSSR count). The third kappa shape index (κ3) is 5.26. The molecule has 2 saturated heterocycles. The molecular weight excluding hydrogens is 442 g/mol. The van der Waals surface area contributed by atoms with Crippen LogP contribution in [0.2, 0.25) is 0 Å². The molecule has 2 aromatic rings. The number of imide groups is 1. The van der Waals surface area contributed by atoms with Gasteiger partial charge in [-0.2, -0.15) is 0 Å². The lowest BCUT2D eigenvalue weighted by Crippen LogP contribution is -2.50. The summed E-state index contributed by atoms with van der Waals surface area (Å²) in [7, 11) is -3.58. The van der Waals surface area contributed by atoms with Gasteiger partial charge in [-0.05, 0) is 55.7 Å². The van der Waals surface area contributed by atoms with Gasteiger partial charge in [-0.1, -0.05) is 25.1 Å². The van der Waals surface area contributed by atoms with Crippen molar-refractivity contribution >= 4 is 27.5 Å². The zero-order valence-corrected chi connectivity index (χ0v) is 19.5. The van der Waals surface area contributed by atoms with Crippen molar-refractivity contribution in [1.82, 2.24) is 9.62 Å². The van der Waals surface area contributed by atoms with E-state index in [1.807, 2.05) is 11.8 Å². The number of sulfonamides is 1. The van der Waals surface area contributed by atoms with Crippen molar-refractivity contribution < 1.29 is 22.7 Å². The number of benzene rings is 2. The molecule has 176 valence electrons. The van der Waals surface area contributed by atoms with Gasteiger partial charge < -0.3 is 4.74 Å². The first-order valence-electron chi connectivity index (χ1n) is 11.3. The molecule has 0 radical (unpaired) electrons. The average molecular weight is 472 g/mol. The zero-order valence-electron chi connectivity index (χ0n) is 18.6. The number of nitrogens with one attached hydrogen (secondary N) is 1. The Morgan fingerprint density at radius 1 is 1.00 bits per heavy atom. The van der Waals surface area contributed by atoms with Crippen molar-refractivity contribution in [2.24, 2.45) is 0 Å². The van der Waals surface area contributed by atoms with Gasteiger partial charge in [0, 0.05) is 19.1 Å². The summed E-state index contributed by atoms with van der Waals surface area (Å²) in [5, 5.41) is 0. The highest BCUT2D eigenvalue weighted by molar-refractivity contribution is 7.89. The van der Waals surface area contributed by atoms with Crippen LogP contribution in [0.4, 0.5) is 5.69 Å². The van der Waals surface area contributed by atoms with E-state index in [9.17, 15) is 18.0 Å². The molecular formula is C24H29N3O5S. The van der Waals surface area contributed by atoms with Crippen LogP contribution in [0.25, 0.3) is 0 Å². The SMILES string of the molecule is CCCOc1ccc(N2C(=O)C[C@@H](N3CCC(NS(=O)(=O)c4ccccc4)CC3)C2=O)cc1. The number of hydrogen-bond donors (Lipinski definition) is 1. The summed E-state index contributed by atoms with van der Waals surface area (Å²) in [6, 6.07) is 14.6. The van der Waals surface area contributed by atoms with E-state index in [0.29, 0.717) is 44.0 Å². The highest BCUT2D eigenvalue weighted by Crippen LogP contribution is 2.29. The van der Waals surface area contributed by atoms with E-state index in [1.165, 1.54) is 4.90 Å². The van der Waals surface area contributed by atoms with Crippen LogP contribution >= 0.6 is 0 Å². The summed E-state index contributed by atoms with van der Waals surface area (Å²) in [5.74, 6) is 0.251. The predicted octanol–water partition coefficient (Wildman–Crippen LogP) is 2.55. The van der Waals surface area contributed by atoms with E-state index in [-0.39, 0.29) is 29.2 Å². The van der Waals surface area contributed by atoms with Crippen molar-refractivity contribution in [2.75, 3.05) is 24.6 Å². The third-order valence-corrected chi connectivity index (χ3v) is 7.57. The molecule has 8 nitrogen and oxygen atoms in total. The molecule has 2 heterocycles. The van der Waals surface area contributed by atoms with Gasteiger partial charge in [-0.25, -0.2) is 18.0 Å². The van der Waals surface area contributed by atoms with E-state index >= 15 is 0 Å². The Morgan fingerprint density at radius 3 is 2.30 bits per heavy atom. The second kappa shape index (κ2) is 10.0. The van der Waals surface area contributed by atoms with Crippen molar-refractivity contribution in [3.8, 4) is 5.75 Å². The first-order valence-corrected chi connectivity index (χ1v) is 12.8. The molecule has 1 N–H and O–H groups in total. The van der Waals surface area contributed by atoms with E-state index in [0.717, 1.165) is 6.42 Å². The van der Waals surface area contributed by atoms with E-state index in [4.69, 9.17) is 4.74 Å². The first kappa shape index (κ1) is 23.4. The van der Waals surface area contributed by atoms with Gasteiger partial charge in [0.15, 0.2) is 0 Å². The van der Waals surface area contributed by atoms with Gasteiger partial charge in [0.05, 0.1) is 29.7 Å². The summed E-state index contributed by atoms with van der Waals surface area (Å²) in [5.41, 5.74) is 0.543. The van der Waals surface area contributed by atoms with E-state index < -0.39 is 16.1 Å². The number of piperidine rings is 1. The Bertz CT molecular complexity index is 1080. The Labute approximate surface area is 194 Å². The van der Waals surface area contributed by atoms with Crippen LogP contribution < -0.4 is 14.4 Å². The van der Waals surface area contributed by atoms with Crippen molar-refractivity contribution in [2.45, 2.75) is 49.6 Å². The predicted molar refractivity (Wildman–Crippen MR) is 124 cm³/mol. The molecule has 2 amide bonds. The number of nitrogens with zero attached hydrogens (tertiary/aromatic N) is 2. The average Bonchev–Trinajstić information content (AvgIpc) is 3.12. The second-order valence-corrected chi connectivity index (χ2v) is 10.1. The minimum atomic E-state index is -3.58. The second-order valence-electron chi connectivity index (χ2n) is 8.37. The van der Waals surface area contributed by atoms with Gasteiger partial charge in [0.1, 0.15) is 5.75 Å². The zero-order chi connectivity index (χ0) is 23.4. The van der Waals surface area contributed by atoms with E-state index in [1.54, 1.807) is 54.6 Å². The molecule has 2 aliphatic heterocycles. The number of ether oxygens (including phenoxy) is 1. The van der Waals surface area contributed by atoms with Crippen molar-refractivity contribution in [3.05, 3.63) is 54.6 Å². The van der Waals surface area contributed by atoms with Crippen LogP contribution in [0.1, 0.15) is 32.6 Å². The fraction of sp³-hybridized carbons (Fsp3) is 0.417. The lowest BCUT2D eigenvalue weighted by Gasteiger charge is -2.34. The molecule has 1 atom stereocenters. The van der Waals surface area contributed by atoms with Crippen LogP contribution in [-0.2, 0) is 19.6 Å². The lowest BCUT2D eigenvalue weighted by atomic mass is 10.0. The fourth-order valence-electron chi connectivity index (χ4n) is 4.30. The molecule has 2 aromatic carbocycles. The summed E-state index contributed by atoms with van der Waals surface area (Å²) in [6.45, 7) is 3.73.